The van der Waals surface area contributed by atoms with Crippen molar-refractivity contribution in [2.75, 3.05) is 21.3 Å². The highest BCUT2D eigenvalue weighted by Gasteiger charge is 2.27. The van der Waals surface area contributed by atoms with Crippen molar-refractivity contribution >= 4 is 12.1 Å². The summed E-state index contributed by atoms with van der Waals surface area (Å²) in [5.41, 5.74) is -0.226. The Hall–Kier alpha value is -2.44. The van der Waals surface area contributed by atoms with E-state index in [1.54, 1.807) is 39.0 Å². The number of hydrogen-bond donors (Lipinski definition) is 1. The molecule has 23 heavy (non-hydrogen) atoms. The normalized spacial score (nSPS) is 12.1. The molecule has 1 aromatic rings. The van der Waals surface area contributed by atoms with Gasteiger partial charge in [-0.3, -0.25) is 0 Å². The predicted octanol–water partition coefficient (Wildman–Crippen LogP) is 2.44. The minimum atomic E-state index is -1.04. The minimum Gasteiger partial charge on any atom is -0.497 e. The van der Waals surface area contributed by atoms with Gasteiger partial charge in [0.05, 0.1) is 21.3 Å². The summed E-state index contributed by atoms with van der Waals surface area (Å²) in [7, 11) is 4.23. The molecule has 0 fully saturated rings. The zero-order valence-corrected chi connectivity index (χ0v) is 14.3. The van der Waals surface area contributed by atoms with Crippen LogP contribution in [-0.2, 0) is 14.3 Å². The van der Waals surface area contributed by atoms with Gasteiger partial charge >= 0.3 is 12.1 Å². The SMILES string of the molecule is COC(=O)[C@H](NC(=O)OC(C)(C)C)c1cc(OC)cc(OC)c1. The molecule has 128 valence electrons. The average Bonchev–Trinajstić information content (AvgIpc) is 2.49. The molecule has 0 saturated heterocycles. The third kappa shape index (κ3) is 5.69. The molecule has 7 nitrogen and oxygen atoms in total. The molecule has 0 bridgehead atoms. The summed E-state index contributed by atoms with van der Waals surface area (Å²) >= 11 is 0. The fraction of sp³-hybridized carbons (Fsp3) is 0.500. The summed E-state index contributed by atoms with van der Waals surface area (Å²) in [5, 5.41) is 2.50. The lowest BCUT2D eigenvalue weighted by Crippen LogP contribution is -2.38. The zero-order valence-electron chi connectivity index (χ0n) is 14.3. The van der Waals surface area contributed by atoms with Crippen LogP contribution in [0.3, 0.4) is 0 Å². The monoisotopic (exact) mass is 325 g/mol. The topological polar surface area (TPSA) is 83.1 Å². The van der Waals surface area contributed by atoms with Gasteiger partial charge in [0.1, 0.15) is 17.1 Å². The van der Waals surface area contributed by atoms with E-state index in [1.165, 1.54) is 21.3 Å². The highest BCUT2D eigenvalue weighted by molar-refractivity contribution is 5.83. The van der Waals surface area contributed by atoms with Gasteiger partial charge in [0.15, 0.2) is 6.04 Å². The van der Waals surface area contributed by atoms with Crippen LogP contribution in [0.4, 0.5) is 4.79 Å². The first-order valence-electron chi connectivity index (χ1n) is 7.00. The Kier molecular flexibility index (Phi) is 6.24. The van der Waals surface area contributed by atoms with Crippen molar-refractivity contribution in [3.8, 4) is 11.5 Å². The Bertz CT molecular complexity index is 542. The molecule has 1 rings (SSSR count). The molecule has 0 radical (unpaired) electrons. The molecule has 0 heterocycles. The van der Waals surface area contributed by atoms with Crippen LogP contribution in [0.2, 0.25) is 0 Å². The Morgan fingerprint density at radius 2 is 1.52 bits per heavy atom. The van der Waals surface area contributed by atoms with Gasteiger partial charge in [0.25, 0.3) is 0 Å². The van der Waals surface area contributed by atoms with E-state index in [4.69, 9.17) is 18.9 Å². The number of methoxy groups -OCH3 is 3. The molecule has 0 aliphatic heterocycles. The van der Waals surface area contributed by atoms with Gasteiger partial charge in [-0.05, 0) is 38.5 Å². The predicted molar refractivity (Wildman–Crippen MR) is 83.7 cm³/mol. The summed E-state index contributed by atoms with van der Waals surface area (Å²) in [6.45, 7) is 5.19. The lowest BCUT2D eigenvalue weighted by Gasteiger charge is -2.23. The molecule has 0 aliphatic carbocycles. The number of carbonyl (C=O) groups excluding carboxylic acids is 2. The van der Waals surface area contributed by atoms with Crippen molar-refractivity contribution in [2.24, 2.45) is 0 Å². The number of amides is 1. The van der Waals surface area contributed by atoms with Crippen LogP contribution in [0.25, 0.3) is 0 Å². The van der Waals surface area contributed by atoms with E-state index in [0.29, 0.717) is 17.1 Å². The molecule has 7 heteroatoms. The lowest BCUT2D eigenvalue weighted by molar-refractivity contribution is -0.143. The first-order chi connectivity index (χ1) is 10.7. The molecule has 1 aromatic carbocycles. The van der Waals surface area contributed by atoms with Crippen LogP contribution in [0.1, 0.15) is 32.4 Å². The van der Waals surface area contributed by atoms with E-state index in [9.17, 15) is 9.59 Å². The van der Waals surface area contributed by atoms with Crippen molar-refractivity contribution in [3.05, 3.63) is 23.8 Å². The Morgan fingerprint density at radius 1 is 1.00 bits per heavy atom. The largest absolute Gasteiger partial charge is 0.497 e. The van der Waals surface area contributed by atoms with E-state index in [-0.39, 0.29) is 0 Å². The van der Waals surface area contributed by atoms with Crippen molar-refractivity contribution in [1.82, 2.24) is 5.32 Å². The highest BCUT2D eigenvalue weighted by Crippen LogP contribution is 2.27. The summed E-state index contributed by atoms with van der Waals surface area (Å²) < 4.78 is 20.3. The van der Waals surface area contributed by atoms with Gasteiger partial charge in [-0.25, -0.2) is 9.59 Å². The van der Waals surface area contributed by atoms with Crippen LogP contribution in [0.5, 0.6) is 11.5 Å². The molecular formula is C16H23NO6. The number of benzene rings is 1. The molecule has 0 aliphatic rings. The van der Waals surface area contributed by atoms with Gasteiger partial charge in [-0.1, -0.05) is 0 Å². The maximum atomic E-state index is 12.0. The van der Waals surface area contributed by atoms with E-state index in [0.717, 1.165) is 0 Å². The van der Waals surface area contributed by atoms with E-state index >= 15 is 0 Å². The summed E-state index contributed by atoms with van der Waals surface area (Å²) in [6.07, 6.45) is -0.727. The number of nitrogens with one attached hydrogen (secondary N) is 1. The number of carbonyl (C=O) groups is 2. The van der Waals surface area contributed by atoms with Gasteiger partial charge in [-0.15, -0.1) is 0 Å². The van der Waals surface area contributed by atoms with E-state index in [2.05, 4.69) is 5.32 Å². The van der Waals surface area contributed by atoms with Crippen molar-refractivity contribution in [2.45, 2.75) is 32.4 Å². The van der Waals surface area contributed by atoms with E-state index < -0.39 is 23.7 Å². The van der Waals surface area contributed by atoms with Gasteiger partial charge in [-0.2, -0.15) is 0 Å². The molecular weight excluding hydrogens is 302 g/mol. The van der Waals surface area contributed by atoms with Crippen molar-refractivity contribution in [1.29, 1.82) is 0 Å². The molecule has 0 spiro atoms. The second kappa shape index (κ2) is 7.71. The van der Waals surface area contributed by atoms with Crippen LogP contribution >= 0.6 is 0 Å². The maximum absolute atomic E-state index is 12.0. The van der Waals surface area contributed by atoms with Crippen LogP contribution < -0.4 is 14.8 Å². The second-order valence-corrected chi connectivity index (χ2v) is 5.75. The second-order valence-electron chi connectivity index (χ2n) is 5.75. The molecule has 0 unspecified atom stereocenters. The Balaban J connectivity index is 3.12. The van der Waals surface area contributed by atoms with Crippen LogP contribution in [0.15, 0.2) is 18.2 Å². The van der Waals surface area contributed by atoms with Gasteiger partial charge in [0, 0.05) is 6.07 Å². The lowest BCUT2D eigenvalue weighted by atomic mass is 10.1. The minimum absolute atomic E-state index is 0.457. The number of rotatable bonds is 5. The molecule has 0 saturated carbocycles. The summed E-state index contributed by atoms with van der Waals surface area (Å²) in [5.74, 6) is 0.338. The average molecular weight is 325 g/mol. The first kappa shape index (κ1) is 18.6. The highest BCUT2D eigenvalue weighted by atomic mass is 16.6. The standard InChI is InChI=1S/C16H23NO6/c1-16(2,3)23-15(19)17-13(14(18)22-6)10-7-11(20-4)9-12(8-10)21-5/h7-9,13H,1-6H3,(H,17,19)/t13-/m1/s1. The third-order valence-corrected chi connectivity index (χ3v) is 2.81. The maximum Gasteiger partial charge on any atom is 0.408 e. The zero-order chi connectivity index (χ0) is 17.6. The first-order valence-corrected chi connectivity index (χ1v) is 7.00. The summed E-state index contributed by atoms with van der Waals surface area (Å²) in [6, 6.07) is 3.84. The van der Waals surface area contributed by atoms with Crippen LogP contribution in [-0.4, -0.2) is 39.0 Å². The quantitative estimate of drug-likeness (QED) is 0.837. The summed E-state index contributed by atoms with van der Waals surface area (Å²) in [4.78, 5) is 24.0. The molecule has 1 atom stereocenters. The number of ether oxygens (including phenoxy) is 4. The van der Waals surface area contributed by atoms with Crippen molar-refractivity contribution < 1.29 is 28.5 Å². The van der Waals surface area contributed by atoms with Crippen LogP contribution in [0, 0.1) is 0 Å². The van der Waals surface area contributed by atoms with Gasteiger partial charge in [0.2, 0.25) is 0 Å². The number of hydrogen-bond acceptors (Lipinski definition) is 6. The fourth-order valence-electron chi connectivity index (χ4n) is 1.82. The molecule has 0 aromatic heterocycles. The van der Waals surface area contributed by atoms with E-state index in [1.807, 2.05) is 0 Å². The van der Waals surface area contributed by atoms with Gasteiger partial charge < -0.3 is 24.3 Å². The molecule has 1 amide bonds. The molecule has 1 N–H and O–H groups in total. The smallest absolute Gasteiger partial charge is 0.408 e. The van der Waals surface area contributed by atoms with Crippen molar-refractivity contribution in [3.63, 3.8) is 0 Å². The number of alkyl carbamates (subject to hydrolysis) is 1. The fourth-order valence-corrected chi connectivity index (χ4v) is 1.82. The number of esters is 1. The Morgan fingerprint density at radius 3 is 1.91 bits per heavy atom. The Labute approximate surface area is 135 Å². The third-order valence-electron chi connectivity index (χ3n) is 2.81.